The van der Waals surface area contributed by atoms with E-state index in [1.54, 1.807) is 6.07 Å². The SMILES string of the molecule is C[C@@H]1CCC[NH+](Cc2c(O)ccc3c(=O)c(Oc4ccccc4Cl)c(C(F)(F)F)oc23)C1. The highest BCUT2D eigenvalue weighted by Gasteiger charge is 2.41. The van der Waals surface area contributed by atoms with Gasteiger partial charge in [0.25, 0.3) is 5.76 Å². The Morgan fingerprint density at radius 2 is 2.00 bits per heavy atom. The Hall–Kier alpha value is -2.71. The minimum absolute atomic E-state index is 0.0503. The molecule has 0 saturated carbocycles. The zero-order valence-corrected chi connectivity index (χ0v) is 18.0. The Kier molecular flexibility index (Phi) is 6.09. The number of quaternary nitrogens is 1. The van der Waals surface area contributed by atoms with Crippen LogP contribution in [0.25, 0.3) is 11.0 Å². The summed E-state index contributed by atoms with van der Waals surface area (Å²) < 4.78 is 52.2. The molecule has 0 amide bonds. The van der Waals surface area contributed by atoms with Crippen molar-refractivity contribution in [3.63, 3.8) is 0 Å². The van der Waals surface area contributed by atoms with E-state index in [-0.39, 0.29) is 39.6 Å². The summed E-state index contributed by atoms with van der Waals surface area (Å²) in [6, 6.07) is 8.44. The second kappa shape index (κ2) is 8.67. The molecule has 5 nitrogen and oxygen atoms in total. The maximum absolute atomic E-state index is 13.9. The molecule has 170 valence electrons. The van der Waals surface area contributed by atoms with E-state index in [1.807, 2.05) is 0 Å². The summed E-state index contributed by atoms with van der Waals surface area (Å²) in [5.74, 6) is -2.40. The number of rotatable bonds is 4. The number of hydrogen-bond donors (Lipinski definition) is 2. The first-order chi connectivity index (χ1) is 15.1. The molecule has 1 aliphatic rings. The van der Waals surface area contributed by atoms with Crippen molar-refractivity contribution >= 4 is 22.6 Å². The van der Waals surface area contributed by atoms with Crippen molar-refractivity contribution in [2.75, 3.05) is 13.1 Å². The average Bonchev–Trinajstić information content (AvgIpc) is 2.72. The quantitative estimate of drug-likeness (QED) is 0.578. The Balaban J connectivity index is 1.88. The molecule has 0 spiro atoms. The largest absolute Gasteiger partial charge is 0.507 e. The van der Waals surface area contributed by atoms with Crippen LogP contribution in [0.1, 0.15) is 31.1 Å². The van der Waals surface area contributed by atoms with E-state index < -0.39 is 23.1 Å². The number of fused-ring (bicyclic) bond motifs is 1. The minimum Gasteiger partial charge on any atom is -0.507 e. The minimum atomic E-state index is -5.00. The molecule has 1 aromatic heterocycles. The molecule has 4 rings (SSSR count). The fraction of sp³-hybridized carbons (Fsp3) is 0.348. The lowest BCUT2D eigenvalue weighted by Crippen LogP contribution is -3.12. The van der Waals surface area contributed by atoms with Gasteiger partial charge >= 0.3 is 6.18 Å². The number of likely N-dealkylation sites (tertiary alicyclic amines) is 1. The first-order valence-corrected chi connectivity index (χ1v) is 10.7. The van der Waals surface area contributed by atoms with Crippen molar-refractivity contribution in [3.05, 3.63) is 63.0 Å². The van der Waals surface area contributed by atoms with Gasteiger partial charge in [0.05, 0.1) is 29.1 Å². The van der Waals surface area contributed by atoms with Gasteiger partial charge in [0.1, 0.15) is 18.0 Å². The molecule has 2 heterocycles. The molecule has 1 saturated heterocycles. The molecule has 2 N–H and O–H groups in total. The van der Waals surface area contributed by atoms with Gasteiger partial charge in [-0.3, -0.25) is 4.79 Å². The van der Waals surface area contributed by atoms with Crippen LogP contribution in [-0.4, -0.2) is 18.2 Å². The summed E-state index contributed by atoms with van der Waals surface area (Å²) in [5.41, 5.74) is -1.08. The van der Waals surface area contributed by atoms with E-state index >= 15 is 0 Å². The number of aromatic hydroxyl groups is 1. The zero-order chi connectivity index (χ0) is 23.0. The van der Waals surface area contributed by atoms with E-state index in [9.17, 15) is 23.1 Å². The Bertz CT molecular complexity index is 1210. The van der Waals surface area contributed by atoms with Gasteiger partial charge in [-0.2, -0.15) is 13.2 Å². The average molecular weight is 469 g/mol. The van der Waals surface area contributed by atoms with Gasteiger partial charge in [-0.25, -0.2) is 0 Å². The number of benzene rings is 2. The van der Waals surface area contributed by atoms with Gasteiger partial charge in [0, 0.05) is 5.92 Å². The molecule has 0 aliphatic carbocycles. The van der Waals surface area contributed by atoms with Crippen LogP contribution in [-0.2, 0) is 12.7 Å². The van der Waals surface area contributed by atoms with Crippen molar-refractivity contribution in [2.24, 2.45) is 5.92 Å². The van der Waals surface area contributed by atoms with E-state index in [2.05, 4.69) is 6.92 Å². The van der Waals surface area contributed by atoms with Crippen LogP contribution in [0, 0.1) is 5.92 Å². The van der Waals surface area contributed by atoms with Crippen LogP contribution in [0.4, 0.5) is 13.2 Å². The lowest BCUT2D eigenvalue weighted by Gasteiger charge is -2.28. The molecule has 0 radical (unpaired) electrons. The molecule has 32 heavy (non-hydrogen) atoms. The molecule has 9 heteroatoms. The highest BCUT2D eigenvalue weighted by Crippen LogP contribution is 2.40. The van der Waals surface area contributed by atoms with Crippen molar-refractivity contribution in [2.45, 2.75) is 32.5 Å². The third-order valence-corrected chi connectivity index (χ3v) is 6.01. The Morgan fingerprint density at radius 3 is 2.69 bits per heavy atom. The second-order valence-corrected chi connectivity index (χ2v) is 8.60. The standard InChI is InChI=1S/C23H21ClF3NO4/c1-13-5-4-10-28(11-13)12-15-17(29)9-8-14-19(30)21(22(23(25,26)27)32-20(14)15)31-18-7-3-2-6-16(18)24/h2-3,6-9,13,29H,4-5,10-12H2,1H3/p+1/t13-/m1/s1. The van der Waals surface area contributed by atoms with Crippen molar-refractivity contribution < 1.29 is 32.3 Å². The highest BCUT2D eigenvalue weighted by atomic mass is 35.5. The van der Waals surface area contributed by atoms with Crippen LogP contribution >= 0.6 is 11.6 Å². The topological polar surface area (TPSA) is 64.1 Å². The molecule has 1 fully saturated rings. The summed E-state index contributed by atoms with van der Waals surface area (Å²) in [4.78, 5) is 14.2. The predicted molar refractivity (Wildman–Crippen MR) is 113 cm³/mol. The summed E-state index contributed by atoms with van der Waals surface area (Å²) in [6.07, 6.45) is -2.93. The molecule has 1 aliphatic heterocycles. The number of para-hydroxylation sites is 1. The predicted octanol–water partition coefficient (Wildman–Crippen LogP) is 4.78. The third-order valence-electron chi connectivity index (χ3n) is 5.69. The van der Waals surface area contributed by atoms with Crippen LogP contribution in [0.5, 0.6) is 17.2 Å². The normalized spacial score (nSPS) is 19.3. The number of halogens is 4. The number of piperidine rings is 1. The molecule has 0 bridgehead atoms. The van der Waals surface area contributed by atoms with E-state index in [0.29, 0.717) is 5.92 Å². The van der Waals surface area contributed by atoms with Crippen molar-refractivity contribution in [1.82, 2.24) is 0 Å². The van der Waals surface area contributed by atoms with E-state index in [4.69, 9.17) is 20.8 Å². The fourth-order valence-electron chi connectivity index (χ4n) is 4.18. The summed E-state index contributed by atoms with van der Waals surface area (Å²) in [6.45, 7) is 4.00. The maximum atomic E-state index is 13.9. The van der Waals surface area contributed by atoms with Gasteiger partial charge < -0.3 is 19.2 Å². The van der Waals surface area contributed by atoms with Crippen LogP contribution in [0.15, 0.2) is 45.6 Å². The van der Waals surface area contributed by atoms with Gasteiger partial charge in [0.2, 0.25) is 11.2 Å². The van der Waals surface area contributed by atoms with Gasteiger partial charge in [-0.1, -0.05) is 30.7 Å². The third kappa shape index (κ3) is 4.42. The van der Waals surface area contributed by atoms with Crippen molar-refractivity contribution in [3.8, 4) is 17.2 Å². The summed E-state index contributed by atoms with van der Waals surface area (Å²) >= 11 is 6.00. The van der Waals surface area contributed by atoms with Crippen LogP contribution in [0.3, 0.4) is 0 Å². The van der Waals surface area contributed by atoms with E-state index in [0.717, 1.165) is 30.8 Å². The summed E-state index contributed by atoms with van der Waals surface area (Å²) in [7, 11) is 0. The molecule has 1 unspecified atom stereocenters. The van der Waals surface area contributed by atoms with Crippen molar-refractivity contribution in [1.29, 1.82) is 0 Å². The number of alkyl halides is 3. The first-order valence-electron chi connectivity index (χ1n) is 10.3. The number of phenols is 1. The maximum Gasteiger partial charge on any atom is 0.453 e. The lowest BCUT2D eigenvalue weighted by atomic mass is 9.99. The molecular formula is C23H22ClF3NO4+. The van der Waals surface area contributed by atoms with Crippen LogP contribution in [0.2, 0.25) is 5.02 Å². The fourth-order valence-corrected chi connectivity index (χ4v) is 4.36. The van der Waals surface area contributed by atoms with Gasteiger partial charge in [-0.05, 0) is 37.1 Å². The number of phenolic OH excluding ortho intramolecular Hbond substituents is 1. The second-order valence-electron chi connectivity index (χ2n) is 8.19. The van der Waals surface area contributed by atoms with E-state index in [1.165, 1.54) is 30.3 Å². The number of nitrogens with one attached hydrogen (secondary N) is 1. The Labute approximate surface area is 187 Å². The van der Waals surface area contributed by atoms with Gasteiger partial charge in [0.15, 0.2) is 5.58 Å². The monoisotopic (exact) mass is 468 g/mol. The zero-order valence-electron chi connectivity index (χ0n) is 17.3. The Morgan fingerprint density at radius 1 is 1.25 bits per heavy atom. The smallest absolute Gasteiger partial charge is 0.453 e. The first kappa shape index (κ1) is 22.5. The molecular weight excluding hydrogens is 447 g/mol. The van der Waals surface area contributed by atoms with Crippen LogP contribution < -0.4 is 15.1 Å². The molecule has 2 aromatic carbocycles. The summed E-state index contributed by atoms with van der Waals surface area (Å²) in [5, 5.41) is 10.4. The number of hydrogen-bond acceptors (Lipinski definition) is 4. The lowest BCUT2D eigenvalue weighted by molar-refractivity contribution is -0.922. The molecule has 3 aromatic rings. The molecule has 2 atom stereocenters. The number of ether oxygens (including phenoxy) is 1. The van der Waals surface area contributed by atoms with Gasteiger partial charge in [-0.15, -0.1) is 0 Å². The highest BCUT2D eigenvalue weighted by molar-refractivity contribution is 6.32.